The number of aryl methyl sites for hydroxylation is 1. The van der Waals surface area contributed by atoms with Crippen LogP contribution in [-0.4, -0.2) is 27.3 Å². The molecule has 1 atom stereocenters. The number of carbonyl (C=O) groups excluding carboxylic acids is 1. The molecule has 0 radical (unpaired) electrons. The van der Waals surface area contributed by atoms with E-state index < -0.39 is 0 Å². The number of aromatic nitrogens is 2. The molecular weight excluding hydrogens is 474 g/mol. The molecule has 1 fully saturated rings. The first-order valence-electron chi connectivity index (χ1n) is 11.4. The van der Waals surface area contributed by atoms with Crippen molar-refractivity contribution in [3.8, 4) is 22.4 Å². The molecule has 0 spiro atoms. The maximum absolute atomic E-state index is 13.1. The number of rotatable bonds is 6. The van der Waals surface area contributed by atoms with Gasteiger partial charge in [-0.2, -0.15) is 0 Å². The fraction of sp³-hybridized carbons (Fsp3) is 0.214. The number of nitrogens with zero attached hydrogens (tertiary/aromatic N) is 2. The molecule has 1 aliphatic rings. The molecule has 166 valence electrons. The lowest BCUT2D eigenvalue weighted by atomic mass is 10.0. The van der Waals surface area contributed by atoms with Gasteiger partial charge in [0.25, 0.3) is 0 Å². The molecule has 1 amide bonds. The van der Waals surface area contributed by atoms with Gasteiger partial charge in [0.2, 0.25) is 5.91 Å². The quantitative estimate of drug-likeness (QED) is 0.317. The summed E-state index contributed by atoms with van der Waals surface area (Å²) in [6, 6.07) is 27.1. The number of aromatic amines is 1. The Balaban J connectivity index is 1.23. The van der Waals surface area contributed by atoms with Gasteiger partial charge in [0.05, 0.1) is 17.9 Å². The highest BCUT2D eigenvalue weighted by molar-refractivity contribution is 9.10. The van der Waals surface area contributed by atoms with Crippen LogP contribution < -0.4 is 0 Å². The highest BCUT2D eigenvalue weighted by Crippen LogP contribution is 2.32. The van der Waals surface area contributed by atoms with Crippen molar-refractivity contribution < 1.29 is 4.79 Å². The van der Waals surface area contributed by atoms with Crippen LogP contribution in [0.15, 0.2) is 89.5 Å². The van der Waals surface area contributed by atoms with Gasteiger partial charge in [-0.3, -0.25) is 4.79 Å². The van der Waals surface area contributed by atoms with E-state index >= 15 is 0 Å². The van der Waals surface area contributed by atoms with Gasteiger partial charge in [0.1, 0.15) is 5.82 Å². The van der Waals surface area contributed by atoms with Crippen molar-refractivity contribution in [1.29, 1.82) is 0 Å². The molecule has 4 aromatic rings. The highest BCUT2D eigenvalue weighted by atomic mass is 79.9. The molecule has 1 aromatic heterocycles. The average molecular weight is 500 g/mol. The van der Waals surface area contributed by atoms with E-state index in [1.54, 1.807) is 0 Å². The molecule has 0 bridgehead atoms. The standard InChI is InChI=1S/C28H26BrN3O/c29-24-9-4-8-23(18-24)25-19-30-28(31-25)26-10-5-17-32(26)27(33)16-13-20-11-14-22(15-12-20)21-6-2-1-3-7-21/h1-4,6-9,11-12,14-15,18-19,26H,5,10,13,16-17H2,(H,30,31)/t26-/m0/s1. The summed E-state index contributed by atoms with van der Waals surface area (Å²) >= 11 is 3.53. The van der Waals surface area contributed by atoms with Crippen LogP contribution >= 0.6 is 15.9 Å². The number of likely N-dealkylation sites (tertiary alicyclic amines) is 1. The monoisotopic (exact) mass is 499 g/mol. The van der Waals surface area contributed by atoms with E-state index in [1.807, 2.05) is 29.3 Å². The lowest BCUT2D eigenvalue weighted by Crippen LogP contribution is -2.31. The van der Waals surface area contributed by atoms with Gasteiger partial charge in [-0.25, -0.2) is 4.98 Å². The van der Waals surface area contributed by atoms with Gasteiger partial charge in [-0.15, -0.1) is 0 Å². The maximum Gasteiger partial charge on any atom is 0.223 e. The number of halogens is 1. The first-order chi connectivity index (χ1) is 16.2. The van der Waals surface area contributed by atoms with E-state index in [2.05, 4.69) is 86.6 Å². The number of amides is 1. The molecule has 1 aliphatic heterocycles. The predicted octanol–water partition coefficient (Wildman–Crippen LogP) is 6.80. The third-order valence-electron chi connectivity index (χ3n) is 6.31. The Labute approximate surface area is 202 Å². The zero-order valence-electron chi connectivity index (χ0n) is 18.4. The Bertz CT molecular complexity index is 1230. The molecule has 5 rings (SSSR count). The summed E-state index contributed by atoms with van der Waals surface area (Å²) in [5.41, 5.74) is 5.65. The molecule has 1 saturated heterocycles. The minimum atomic E-state index is 0.0267. The molecule has 0 unspecified atom stereocenters. The van der Waals surface area contributed by atoms with E-state index in [4.69, 9.17) is 0 Å². The van der Waals surface area contributed by atoms with Gasteiger partial charge in [-0.1, -0.05) is 82.7 Å². The zero-order chi connectivity index (χ0) is 22.6. The summed E-state index contributed by atoms with van der Waals surface area (Å²) in [7, 11) is 0. The van der Waals surface area contributed by atoms with Crippen molar-refractivity contribution >= 4 is 21.8 Å². The van der Waals surface area contributed by atoms with Gasteiger partial charge < -0.3 is 9.88 Å². The van der Waals surface area contributed by atoms with Crippen LogP contribution in [0.3, 0.4) is 0 Å². The molecule has 5 heteroatoms. The maximum atomic E-state index is 13.1. The normalized spacial score (nSPS) is 15.7. The van der Waals surface area contributed by atoms with Crippen molar-refractivity contribution in [2.45, 2.75) is 31.7 Å². The fourth-order valence-corrected chi connectivity index (χ4v) is 4.95. The molecule has 0 saturated carbocycles. The Hall–Kier alpha value is -3.18. The SMILES string of the molecule is O=C(CCc1ccc(-c2ccccc2)cc1)N1CCC[C@H]1c1ncc(-c2cccc(Br)c2)[nH]1. The summed E-state index contributed by atoms with van der Waals surface area (Å²) in [5.74, 6) is 1.08. The van der Waals surface area contributed by atoms with Crippen molar-refractivity contribution in [3.05, 3.63) is 101 Å². The minimum Gasteiger partial charge on any atom is -0.340 e. The van der Waals surface area contributed by atoms with Crippen molar-refractivity contribution in [1.82, 2.24) is 14.9 Å². The van der Waals surface area contributed by atoms with E-state index in [9.17, 15) is 4.79 Å². The van der Waals surface area contributed by atoms with E-state index in [-0.39, 0.29) is 11.9 Å². The Morgan fingerprint density at radius 3 is 2.52 bits per heavy atom. The van der Waals surface area contributed by atoms with Crippen LogP contribution in [0, 0.1) is 0 Å². The van der Waals surface area contributed by atoms with Crippen LogP contribution in [0.4, 0.5) is 0 Å². The topological polar surface area (TPSA) is 49.0 Å². The van der Waals surface area contributed by atoms with Crippen LogP contribution in [0.25, 0.3) is 22.4 Å². The van der Waals surface area contributed by atoms with Crippen LogP contribution in [0.1, 0.15) is 36.7 Å². The summed E-state index contributed by atoms with van der Waals surface area (Å²) in [4.78, 5) is 23.2. The number of hydrogen-bond donors (Lipinski definition) is 1. The molecule has 4 nitrogen and oxygen atoms in total. The first-order valence-corrected chi connectivity index (χ1v) is 12.2. The summed E-state index contributed by atoms with van der Waals surface area (Å²) in [6.07, 6.45) is 5.09. The smallest absolute Gasteiger partial charge is 0.223 e. The summed E-state index contributed by atoms with van der Waals surface area (Å²) in [5, 5.41) is 0. The van der Waals surface area contributed by atoms with Gasteiger partial charge >= 0.3 is 0 Å². The number of imidazole rings is 1. The lowest BCUT2D eigenvalue weighted by Gasteiger charge is -2.23. The highest BCUT2D eigenvalue weighted by Gasteiger charge is 2.31. The first kappa shape index (κ1) is 21.7. The largest absolute Gasteiger partial charge is 0.340 e. The molecular formula is C28H26BrN3O. The van der Waals surface area contributed by atoms with Crippen molar-refractivity contribution in [3.63, 3.8) is 0 Å². The number of hydrogen-bond acceptors (Lipinski definition) is 2. The van der Waals surface area contributed by atoms with Crippen LogP contribution in [-0.2, 0) is 11.2 Å². The molecule has 0 aliphatic carbocycles. The summed E-state index contributed by atoms with van der Waals surface area (Å²) < 4.78 is 1.03. The van der Waals surface area contributed by atoms with Crippen LogP contribution in [0.2, 0.25) is 0 Å². The van der Waals surface area contributed by atoms with Gasteiger partial charge in [0.15, 0.2) is 0 Å². The number of nitrogens with one attached hydrogen (secondary N) is 1. The van der Waals surface area contributed by atoms with Gasteiger partial charge in [0, 0.05) is 23.0 Å². The van der Waals surface area contributed by atoms with E-state index in [0.29, 0.717) is 6.42 Å². The van der Waals surface area contributed by atoms with E-state index in [1.165, 1.54) is 16.7 Å². The second-order valence-corrected chi connectivity index (χ2v) is 9.42. The Morgan fingerprint density at radius 2 is 1.73 bits per heavy atom. The second-order valence-electron chi connectivity index (χ2n) is 8.50. The van der Waals surface area contributed by atoms with Crippen molar-refractivity contribution in [2.24, 2.45) is 0 Å². The third-order valence-corrected chi connectivity index (χ3v) is 6.80. The lowest BCUT2D eigenvalue weighted by molar-refractivity contribution is -0.132. The number of carbonyl (C=O) groups is 1. The Kier molecular flexibility index (Phi) is 6.40. The summed E-state index contributed by atoms with van der Waals surface area (Å²) in [6.45, 7) is 0.795. The molecule has 1 N–H and O–H groups in total. The van der Waals surface area contributed by atoms with Crippen LogP contribution in [0.5, 0.6) is 0 Å². The second kappa shape index (κ2) is 9.75. The zero-order valence-corrected chi connectivity index (χ0v) is 20.0. The molecule has 3 aromatic carbocycles. The van der Waals surface area contributed by atoms with Crippen molar-refractivity contribution in [2.75, 3.05) is 6.54 Å². The number of benzene rings is 3. The molecule has 33 heavy (non-hydrogen) atoms. The van der Waals surface area contributed by atoms with E-state index in [0.717, 1.165) is 47.4 Å². The minimum absolute atomic E-state index is 0.0267. The third kappa shape index (κ3) is 4.93. The Morgan fingerprint density at radius 1 is 0.970 bits per heavy atom. The predicted molar refractivity (Wildman–Crippen MR) is 136 cm³/mol. The van der Waals surface area contributed by atoms with Gasteiger partial charge in [-0.05, 0) is 48.1 Å². The molecule has 2 heterocycles. The number of H-pyrrole nitrogens is 1. The fourth-order valence-electron chi connectivity index (χ4n) is 4.55. The average Bonchev–Trinajstić information content (AvgIpc) is 3.53.